The van der Waals surface area contributed by atoms with Gasteiger partial charge in [0.15, 0.2) is 0 Å². The Bertz CT molecular complexity index is 790. The summed E-state index contributed by atoms with van der Waals surface area (Å²) < 4.78 is 0. The number of aromatic nitrogens is 4. The van der Waals surface area contributed by atoms with Gasteiger partial charge in [0.25, 0.3) is 5.91 Å². The fourth-order valence-corrected chi connectivity index (χ4v) is 3.23. The number of amides is 1. The second-order valence-electron chi connectivity index (χ2n) is 5.66. The van der Waals surface area contributed by atoms with Gasteiger partial charge in [0.2, 0.25) is 5.95 Å². The van der Waals surface area contributed by atoms with Gasteiger partial charge < -0.3 is 4.98 Å². The molecule has 23 heavy (non-hydrogen) atoms. The molecule has 0 radical (unpaired) electrons. The highest BCUT2D eigenvalue weighted by atomic mass is 32.1. The molecule has 1 saturated carbocycles. The molecule has 1 aliphatic rings. The maximum Gasteiger partial charge on any atom is 0.284 e. The van der Waals surface area contributed by atoms with Crippen LogP contribution in [0.4, 0.5) is 11.6 Å². The number of H-pyrrole nitrogens is 1. The maximum absolute atomic E-state index is 13.2. The van der Waals surface area contributed by atoms with E-state index in [0.29, 0.717) is 17.6 Å². The minimum atomic E-state index is -0.179. The Morgan fingerprint density at radius 3 is 2.96 bits per heavy atom. The number of hydrogen-bond acceptors (Lipinski definition) is 5. The largest absolute Gasteiger partial charge is 0.313 e. The predicted octanol–water partition coefficient (Wildman–Crippen LogP) is 3.43. The van der Waals surface area contributed by atoms with Gasteiger partial charge in [-0.3, -0.25) is 9.78 Å². The molecule has 0 bridgehead atoms. The predicted molar refractivity (Wildman–Crippen MR) is 88.1 cm³/mol. The van der Waals surface area contributed by atoms with E-state index in [2.05, 4.69) is 26.2 Å². The lowest BCUT2D eigenvalue weighted by Gasteiger charge is -2.19. The molecule has 0 spiro atoms. The van der Waals surface area contributed by atoms with Gasteiger partial charge in [-0.1, -0.05) is 6.07 Å². The van der Waals surface area contributed by atoms with E-state index < -0.39 is 0 Å². The van der Waals surface area contributed by atoms with Crippen LogP contribution in [0.3, 0.4) is 0 Å². The first-order valence-electron chi connectivity index (χ1n) is 7.43. The number of nitrogens with one attached hydrogen (secondary N) is 1. The van der Waals surface area contributed by atoms with Crippen LogP contribution in [0.2, 0.25) is 0 Å². The number of thiophene rings is 1. The topological polar surface area (TPSA) is 74.8 Å². The van der Waals surface area contributed by atoms with Gasteiger partial charge >= 0.3 is 0 Å². The van der Waals surface area contributed by atoms with Crippen molar-refractivity contribution in [2.24, 2.45) is 0 Å². The number of aromatic amines is 1. The molecule has 1 amide bonds. The highest BCUT2D eigenvalue weighted by molar-refractivity contribution is 7.08. The van der Waals surface area contributed by atoms with Crippen molar-refractivity contribution in [1.82, 2.24) is 20.2 Å². The first-order valence-corrected chi connectivity index (χ1v) is 8.37. The lowest BCUT2D eigenvalue weighted by atomic mass is 10.1. The van der Waals surface area contributed by atoms with E-state index in [9.17, 15) is 4.79 Å². The van der Waals surface area contributed by atoms with E-state index in [0.717, 1.165) is 29.7 Å². The van der Waals surface area contributed by atoms with Gasteiger partial charge in [-0.15, -0.1) is 10.2 Å². The highest BCUT2D eigenvalue weighted by Crippen LogP contribution is 2.42. The third-order valence-corrected chi connectivity index (χ3v) is 4.53. The molecule has 3 aromatic heterocycles. The molecule has 4 rings (SSSR count). The van der Waals surface area contributed by atoms with Gasteiger partial charge in [0, 0.05) is 11.6 Å². The third kappa shape index (κ3) is 2.63. The average molecular weight is 325 g/mol. The number of carbonyl (C=O) groups excluding carboxylic acids is 1. The number of rotatable bonds is 4. The molecule has 6 nitrogen and oxygen atoms in total. The summed E-state index contributed by atoms with van der Waals surface area (Å²) in [7, 11) is 0. The maximum atomic E-state index is 13.2. The molecule has 1 fully saturated rings. The Labute approximate surface area is 137 Å². The Balaban J connectivity index is 1.80. The minimum Gasteiger partial charge on any atom is -0.313 e. The fraction of sp³-hybridized carbons (Fsp3) is 0.250. The van der Waals surface area contributed by atoms with Crippen molar-refractivity contribution in [2.45, 2.75) is 25.7 Å². The van der Waals surface area contributed by atoms with Crippen LogP contribution in [-0.2, 0) is 0 Å². The fourth-order valence-electron chi connectivity index (χ4n) is 2.61. The van der Waals surface area contributed by atoms with Crippen LogP contribution in [0.15, 0.2) is 35.4 Å². The van der Waals surface area contributed by atoms with Crippen LogP contribution in [0, 0.1) is 6.92 Å². The standard InChI is InChI=1S/C16H15N5OS/c1-10-6-13(11-2-3-11)14(17-7-10)15(22)21(12-4-5-23-8-12)16-18-9-19-20-16/h4-9,11H,2-3H2,1H3,(H,18,19,20). The van der Waals surface area contributed by atoms with E-state index in [1.165, 1.54) is 22.6 Å². The van der Waals surface area contributed by atoms with Gasteiger partial charge in [-0.05, 0) is 48.3 Å². The van der Waals surface area contributed by atoms with Gasteiger partial charge in [0.05, 0.1) is 5.69 Å². The zero-order valence-electron chi connectivity index (χ0n) is 12.6. The molecule has 0 aromatic carbocycles. The average Bonchev–Trinajstić information content (AvgIpc) is 3.01. The van der Waals surface area contributed by atoms with Crippen molar-refractivity contribution >= 4 is 28.9 Å². The molecule has 116 valence electrons. The molecule has 3 heterocycles. The molecular weight excluding hydrogens is 310 g/mol. The van der Waals surface area contributed by atoms with Gasteiger partial charge in [0.1, 0.15) is 12.0 Å². The lowest BCUT2D eigenvalue weighted by molar-refractivity contribution is 0.0992. The Kier molecular flexibility index (Phi) is 3.42. The second kappa shape index (κ2) is 5.58. The number of carbonyl (C=O) groups is 1. The van der Waals surface area contributed by atoms with Gasteiger partial charge in [-0.25, -0.2) is 4.90 Å². The first-order chi connectivity index (χ1) is 11.2. The molecule has 0 saturated heterocycles. The van der Waals surface area contributed by atoms with Crippen LogP contribution in [0.1, 0.15) is 40.4 Å². The lowest BCUT2D eigenvalue weighted by Crippen LogP contribution is -2.28. The minimum absolute atomic E-state index is 0.179. The summed E-state index contributed by atoms with van der Waals surface area (Å²) in [5.41, 5.74) is 3.38. The van der Waals surface area contributed by atoms with E-state index in [4.69, 9.17) is 0 Å². The van der Waals surface area contributed by atoms with Gasteiger partial charge in [-0.2, -0.15) is 11.3 Å². The van der Waals surface area contributed by atoms with Crippen LogP contribution < -0.4 is 4.90 Å². The number of anilines is 2. The van der Waals surface area contributed by atoms with Crippen molar-refractivity contribution in [1.29, 1.82) is 0 Å². The quantitative estimate of drug-likeness (QED) is 0.797. The van der Waals surface area contributed by atoms with Crippen molar-refractivity contribution in [3.63, 3.8) is 0 Å². The number of hydrogen-bond donors (Lipinski definition) is 1. The summed E-state index contributed by atoms with van der Waals surface area (Å²) in [6, 6.07) is 3.96. The van der Waals surface area contributed by atoms with Crippen LogP contribution in [-0.4, -0.2) is 26.1 Å². The first kappa shape index (κ1) is 14.1. The van der Waals surface area contributed by atoms with Crippen molar-refractivity contribution in [3.8, 4) is 0 Å². The van der Waals surface area contributed by atoms with Crippen molar-refractivity contribution < 1.29 is 4.79 Å². The Morgan fingerprint density at radius 2 is 2.30 bits per heavy atom. The van der Waals surface area contributed by atoms with Crippen LogP contribution in [0.25, 0.3) is 0 Å². The van der Waals surface area contributed by atoms with E-state index in [1.807, 2.05) is 23.8 Å². The molecule has 7 heteroatoms. The molecule has 1 N–H and O–H groups in total. The van der Waals surface area contributed by atoms with Crippen molar-refractivity contribution in [2.75, 3.05) is 4.90 Å². The van der Waals surface area contributed by atoms with Crippen molar-refractivity contribution in [3.05, 3.63) is 52.2 Å². The summed E-state index contributed by atoms with van der Waals surface area (Å²) in [6.07, 6.45) is 5.44. The zero-order valence-corrected chi connectivity index (χ0v) is 13.4. The summed E-state index contributed by atoms with van der Waals surface area (Å²) >= 11 is 1.53. The normalized spacial score (nSPS) is 14.0. The molecule has 0 unspecified atom stereocenters. The number of pyridine rings is 1. The third-order valence-electron chi connectivity index (χ3n) is 3.86. The summed E-state index contributed by atoms with van der Waals surface area (Å²) in [5, 5.41) is 11.6. The van der Waals surface area contributed by atoms with Crippen LogP contribution in [0.5, 0.6) is 0 Å². The zero-order chi connectivity index (χ0) is 15.8. The smallest absolute Gasteiger partial charge is 0.284 e. The van der Waals surface area contributed by atoms with E-state index in [-0.39, 0.29) is 5.91 Å². The molecule has 0 aliphatic heterocycles. The summed E-state index contributed by atoms with van der Waals surface area (Å²) in [4.78, 5) is 22.1. The monoisotopic (exact) mass is 325 g/mol. The molecule has 3 aromatic rings. The Morgan fingerprint density at radius 1 is 1.43 bits per heavy atom. The molecular formula is C16H15N5OS. The molecule has 0 atom stereocenters. The Hall–Kier alpha value is -2.54. The molecule has 1 aliphatic carbocycles. The highest BCUT2D eigenvalue weighted by Gasteiger charge is 2.32. The number of aryl methyl sites for hydroxylation is 1. The van der Waals surface area contributed by atoms with E-state index in [1.54, 1.807) is 6.20 Å². The summed E-state index contributed by atoms with van der Waals surface area (Å²) in [6.45, 7) is 2.00. The second-order valence-corrected chi connectivity index (χ2v) is 6.44. The van der Waals surface area contributed by atoms with E-state index >= 15 is 0 Å². The summed E-state index contributed by atoms with van der Waals surface area (Å²) in [5.74, 6) is 0.667. The van der Waals surface area contributed by atoms with Crippen LogP contribution >= 0.6 is 11.3 Å². The SMILES string of the molecule is Cc1cnc(C(=O)N(c2ccsc2)c2nnc[nH]2)c(C2CC2)c1. The number of nitrogens with zero attached hydrogens (tertiary/aromatic N) is 4.